The fourth-order valence-electron chi connectivity index (χ4n) is 4.49. The molecule has 5 nitrogen and oxygen atoms in total. The van der Waals surface area contributed by atoms with Crippen LogP contribution in [0, 0.1) is 0 Å². The average Bonchev–Trinajstić information content (AvgIpc) is 3.11. The van der Waals surface area contributed by atoms with E-state index in [1.165, 1.54) is 23.1 Å². The number of fused-ring (bicyclic) bond motifs is 4. The summed E-state index contributed by atoms with van der Waals surface area (Å²) in [7, 11) is 6.04. The highest BCUT2D eigenvalue weighted by molar-refractivity contribution is 6.11. The Hall–Kier alpha value is -3.73. The van der Waals surface area contributed by atoms with Crippen molar-refractivity contribution in [1.29, 1.82) is 0 Å². The summed E-state index contributed by atoms with van der Waals surface area (Å²) in [5, 5.41) is 6.20. The third-order valence-electron chi connectivity index (χ3n) is 6.23. The molecule has 0 fully saturated rings. The van der Waals surface area contributed by atoms with Crippen LogP contribution < -0.4 is 15.6 Å². The number of anilines is 2. The van der Waals surface area contributed by atoms with Crippen molar-refractivity contribution in [3.63, 3.8) is 0 Å². The highest BCUT2D eigenvalue weighted by Gasteiger charge is 2.19. The lowest BCUT2D eigenvalue weighted by Crippen LogP contribution is -2.08. The Morgan fingerprint density at radius 2 is 1.62 bits per heavy atom. The van der Waals surface area contributed by atoms with Gasteiger partial charge in [-0.25, -0.2) is 0 Å². The van der Waals surface area contributed by atoms with Gasteiger partial charge in [-0.2, -0.15) is 0 Å². The highest BCUT2D eigenvalue weighted by Crippen LogP contribution is 2.38. The molecule has 0 bridgehead atoms. The first-order valence-electron chi connectivity index (χ1n) is 10.9. The lowest BCUT2D eigenvalue weighted by Gasteiger charge is -2.17. The summed E-state index contributed by atoms with van der Waals surface area (Å²) in [6, 6.07) is 18.5. The molecule has 5 aromatic rings. The minimum Gasteiger partial charge on any atom is -0.464 e. The van der Waals surface area contributed by atoms with Gasteiger partial charge in [0.15, 0.2) is 5.43 Å². The Balaban J connectivity index is 1.96. The van der Waals surface area contributed by atoms with E-state index < -0.39 is 0 Å². The van der Waals surface area contributed by atoms with Gasteiger partial charge in [0.05, 0.1) is 28.4 Å². The van der Waals surface area contributed by atoms with Gasteiger partial charge in [0.25, 0.3) is 0 Å². The summed E-state index contributed by atoms with van der Waals surface area (Å²) < 4.78 is 7.96. The number of hydrogen-bond donors (Lipinski definition) is 1. The summed E-state index contributed by atoms with van der Waals surface area (Å²) in [6.07, 6.45) is 1.47. The van der Waals surface area contributed by atoms with Crippen LogP contribution in [0.1, 0.15) is 25.3 Å². The van der Waals surface area contributed by atoms with E-state index >= 15 is 0 Å². The van der Waals surface area contributed by atoms with Crippen molar-refractivity contribution in [3.05, 3.63) is 76.6 Å². The molecule has 5 rings (SSSR count). The molecule has 0 amide bonds. The zero-order valence-corrected chi connectivity index (χ0v) is 19.1. The maximum atomic E-state index is 12.6. The average molecular weight is 426 g/mol. The molecule has 3 aromatic carbocycles. The number of hydrogen-bond acceptors (Lipinski definition) is 4. The van der Waals surface area contributed by atoms with Crippen LogP contribution in [0.3, 0.4) is 0 Å². The molecule has 0 aliphatic rings. The molecule has 0 aliphatic heterocycles. The summed E-state index contributed by atoms with van der Waals surface area (Å²) >= 11 is 0. The second kappa shape index (κ2) is 7.45. The van der Waals surface area contributed by atoms with E-state index in [0.29, 0.717) is 11.0 Å². The van der Waals surface area contributed by atoms with E-state index in [1.54, 1.807) is 0 Å². The number of rotatable bonds is 4. The molecule has 0 saturated carbocycles. The van der Waals surface area contributed by atoms with Gasteiger partial charge in [0.1, 0.15) is 5.58 Å². The minimum atomic E-state index is -0.0315. The largest absolute Gasteiger partial charge is 0.464 e. The maximum Gasteiger partial charge on any atom is 0.192 e. The number of benzene rings is 3. The van der Waals surface area contributed by atoms with Gasteiger partial charge in [-0.3, -0.25) is 4.79 Å². The van der Waals surface area contributed by atoms with E-state index in [9.17, 15) is 4.79 Å². The van der Waals surface area contributed by atoms with Crippen molar-refractivity contribution in [3.8, 4) is 5.69 Å². The molecule has 2 aromatic heterocycles. The van der Waals surface area contributed by atoms with Crippen molar-refractivity contribution in [2.45, 2.75) is 19.8 Å². The van der Waals surface area contributed by atoms with Crippen LogP contribution in [-0.4, -0.2) is 25.7 Å². The minimum absolute atomic E-state index is 0.0315. The third kappa shape index (κ3) is 3.04. The zero-order chi connectivity index (χ0) is 22.6. The fraction of sp³-hybridized carbons (Fsp3) is 0.222. The Kier molecular flexibility index (Phi) is 4.70. The van der Waals surface area contributed by atoms with Gasteiger partial charge in [-0.15, -0.1) is 0 Å². The number of nitrogens with zero attached hydrogens (tertiary/aromatic N) is 2. The maximum absolute atomic E-state index is 12.6. The third-order valence-corrected chi connectivity index (χ3v) is 6.23. The molecule has 0 atom stereocenters. The van der Waals surface area contributed by atoms with E-state index in [0.717, 1.165) is 33.7 Å². The molecule has 32 heavy (non-hydrogen) atoms. The lowest BCUT2D eigenvalue weighted by atomic mass is 9.98. The monoisotopic (exact) mass is 425 g/mol. The second-order valence-electron chi connectivity index (χ2n) is 8.76. The predicted molar refractivity (Wildman–Crippen MR) is 135 cm³/mol. The van der Waals surface area contributed by atoms with Crippen molar-refractivity contribution in [1.82, 2.24) is 4.57 Å². The molecule has 2 heterocycles. The smallest absolute Gasteiger partial charge is 0.192 e. The van der Waals surface area contributed by atoms with E-state index in [4.69, 9.17) is 4.42 Å². The van der Waals surface area contributed by atoms with Gasteiger partial charge in [0.2, 0.25) is 0 Å². The molecule has 0 saturated heterocycles. The quantitative estimate of drug-likeness (QED) is 0.377. The molecule has 0 unspecified atom stereocenters. The Morgan fingerprint density at radius 3 is 2.31 bits per heavy atom. The first-order chi connectivity index (χ1) is 15.4. The first-order valence-corrected chi connectivity index (χ1v) is 10.9. The van der Waals surface area contributed by atoms with Crippen LogP contribution >= 0.6 is 0 Å². The van der Waals surface area contributed by atoms with Crippen molar-refractivity contribution < 1.29 is 4.42 Å². The molecular formula is C27H27N3O2. The normalized spacial score (nSPS) is 11.7. The van der Waals surface area contributed by atoms with Crippen molar-refractivity contribution >= 4 is 44.1 Å². The molecule has 0 aliphatic carbocycles. The number of nitrogens with one attached hydrogen (secondary N) is 1. The van der Waals surface area contributed by atoms with Crippen LogP contribution in [-0.2, 0) is 0 Å². The van der Waals surface area contributed by atoms with Crippen LogP contribution in [0.25, 0.3) is 38.5 Å². The Labute approximate surface area is 186 Å². The Bertz CT molecular complexity index is 1540. The van der Waals surface area contributed by atoms with E-state index in [1.807, 2.05) is 19.2 Å². The molecule has 5 heteroatoms. The SMILES string of the molecule is CNc1ccc2c(c1)c1cc(N(C)C)ccc1n2-c1cc2c(=O)ccoc2cc1C(C)C. The summed E-state index contributed by atoms with van der Waals surface area (Å²) in [5.41, 5.74) is 7.18. The lowest BCUT2D eigenvalue weighted by molar-refractivity contribution is 0.601. The molecule has 162 valence electrons. The van der Waals surface area contributed by atoms with Gasteiger partial charge < -0.3 is 19.2 Å². The molecule has 1 N–H and O–H groups in total. The summed E-state index contributed by atoms with van der Waals surface area (Å²) in [4.78, 5) is 14.7. The van der Waals surface area contributed by atoms with Crippen LogP contribution in [0.2, 0.25) is 0 Å². The zero-order valence-electron chi connectivity index (χ0n) is 19.1. The van der Waals surface area contributed by atoms with Crippen molar-refractivity contribution in [2.75, 3.05) is 31.4 Å². The van der Waals surface area contributed by atoms with Gasteiger partial charge in [-0.1, -0.05) is 13.8 Å². The van der Waals surface area contributed by atoms with E-state index in [2.05, 4.69) is 79.1 Å². The summed E-state index contributed by atoms with van der Waals surface area (Å²) in [6.45, 7) is 4.34. The summed E-state index contributed by atoms with van der Waals surface area (Å²) in [5.74, 6) is 0.255. The Morgan fingerprint density at radius 1 is 0.906 bits per heavy atom. The van der Waals surface area contributed by atoms with Crippen molar-refractivity contribution in [2.24, 2.45) is 0 Å². The van der Waals surface area contributed by atoms with Gasteiger partial charge in [0, 0.05) is 49.4 Å². The van der Waals surface area contributed by atoms with Crippen LogP contribution in [0.15, 0.2) is 70.1 Å². The standard InChI is InChI=1S/C27H27N3O2/c1-16(2)19-15-27-22(26(31)10-11-32-27)14-25(19)30-23-8-6-17(28-3)12-20(23)21-13-18(29(4)5)7-9-24(21)30/h6-16,28H,1-5H3. The molecule has 0 spiro atoms. The second-order valence-corrected chi connectivity index (χ2v) is 8.76. The number of aromatic nitrogens is 1. The van der Waals surface area contributed by atoms with Crippen LogP contribution in [0.5, 0.6) is 0 Å². The topological polar surface area (TPSA) is 50.4 Å². The fourth-order valence-corrected chi connectivity index (χ4v) is 4.49. The van der Waals surface area contributed by atoms with Gasteiger partial charge in [-0.05, 0) is 60.0 Å². The highest BCUT2D eigenvalue weighted by atomic mass is 16.3. The molecular weight excluding hydrogens is 398 g/mol. The predicted octanol–water partition coefficient (Wildman–Crippen LogP) is 6.12. The van der Waals surface area contributed by atoms with Crippen LogP contribution in [0.4, 0.5) is 11.4 Å². The van der Waals surface area contributed by atoms with Gasteiger partial charge >= 0.3 is 0 Å². The molecule has 0 radical (unpaired) electrons. The first kappa shape index (κ1) is 20.2. The van der Waals surface area contributed by atoms with E-state index in [-0.39, 0.29) is 11.3 Å².